The molecule has 6 heteroatoms. The Labute approximate surface area is 170 Å². The summed E-state index contributed by atoms with van der Waals surface area (Å²) in [4.78, 5) is 28.5. The molecule has 3 heterocycles. The maximum Gasteiger partial charge on any atom is 0.230 e. The molecular weight excluding hydrogens is 371 g/mol. The van der Waals surface area contributed by atoms with Gasteiger partial charge in [0.1, 0.15) is 11.4 Å². The molecule has 5 nitrogen and oxygen atoms in total. The Hall–Kier alpha value is -2.21. The van der Waals surface area contributed by atoms with Crippen molar-refractivity contribution < 1.29 is 18.7 Å². The van der Waals surface area contributed by atoms with E-state index in [1.54, 1.807) is 6.07 Å². The number of fused-ring (bicyclic) bond motifs is 1. The first kappa shape index (κ1) is 18.8. The van der Waals surface area contributed by atoms with Crippen LogP contribution in [0.2, 0.25) is 0 Å². The number of ether oxygens (including phenoxy) is 1. The van der Waals surface area contributed by atoms with E-state index in [4.69, 9.17) is 4.74 Å². The summed E-state index contributed by atoms with van der Waals surface area (Å²) in [6.07, 6.45) is 7.05. The van der Waals surface area contributed by atoms with E-state index < -0.39 is 23.0 Å². The highest BCUT2D eigenvalue weighted by Crippen LogP contribution is 2.52. The SMILES string of the molecule is CC(C)N1C[C@@]23C=C[C@@H](O2)[C@@H](C(=O)NC2(c4cccc(F)c4)CCCC2)[C@H]3C1=O. The summed E-state index contributed by atoms with van der Waals surface area (Å²) in [7, 11) is 0. The Morgan fingerprint density at radius 1 is 1.31 bits per heavy atom. The number of hydrogen-bond acceptors (Lipinski definition) is 3. The number of carbonyl (C=O) groups is 2. The Kier molecular flexibility index (Phi) is 4.14. The molecule has 0 unspecified atom stereocenters. The molecule has 29 heavy (non-hydrogen) atoms. The molecule has 1 aliphatic carbocycles. The third-order valence-electron chi connectivity index (χ3n) is 7.25. The normalized spacial score (nSPS) is 34.3. The van der Waals surface area contributed by atoms with Gasteiger partial charge in [-0.25, -0.2) is 4.39 Å². The minimum absolute atomic E-state index is 0.00164. The number of carbonyl (C=O) groups excluding carboxylic acids is 2. The lowest BCUT2D eigenvalue weighted by Gasteiger charge is -2.34. The molecule has 2 bridgehead atoms. The molecule has 0 aromatic heterocycles. The number of nitrogens with one attached hydrogen (secondary N) is 1. The van der Waals surface area contributed by atoms with Crippen LogP contribution in [0.3, 0.4) is 0 Å². The largest absolute Gasteiger partial charge is 0.360 e. The van der Waals surface area contributed by atoms with E-state index in [1.165, 1.54) is 12.1 Å². The molecule has 2 saturated heterocycles. The van der Waals surface area contributed by atoms with Crippen molar-refractivity contribution >= 4 is 11.8 Å². The van der Waals surface area contributed by atoms with Crippen molar-refractivity contribution in [2.75, 3.05) is 6.54 Å². The summed E-state index contributed by atoms with van der Waals surface area (Å²) in [6.45, 7) is 4.47. The van der Waals surface area contributed by atoms with E-state index in [1.807, 2.05) is 37.0 Å². The van der Waals surface area contributed by atoms with Crippen LogP contribution >= 0.6 is 0 Å². The predicted molar refractivity (Wildman–Crippen MR) is 105 cm³/mol. The van der Waals surface area contributed by atoms with Gasteiger partial charge in [-0.15, -0.1) is 0 Å². The van der Waals surface area contributed by atoms with Gasteiger partial charge >= 0.3 is 0 Å². The van der Waals surface area contributed by atoms with E-state index in [9.17, 15) is 14.0 Å². The third kappa shape index (κ3) is 2.68. The van der Waals surface area contributed by atoms with Gasteiger partial charge in [-0.3, -0.25) is 9.59 Å². The molecule has 154 valence electrons. The first-order valence-corrected chi connectivity index (χ1v) is 10.6. The molecule has 1 aromatic carbocycles. The van der Waals surface area contributed by atoms with Crippen LogP contribution in [-0.4, -0.2) is 41.0 Å². The highest BCUT2D eigenvalue weighted by molar-refractivity contribution is 5.93. The average molecular weight is 398 g/mol. The zero-order chi connectivity index (χ0) is 20.4. The molecule has 5 rings (SSSR count). The van der Waals surface area contributed by atoms with Crippen LogP contribution in [0.1, 0.15) is 45.1 Å². The summed E-state index contributed by atoms with van der Waals surface area (Å²) in [6, 6.07) is 6.58. The molecular formula is C23H27FN2O3. The maximum absolute atomic E-state index is 13.9. The Morgan fingerprint density at radius 3 is 2.76 bits per heavy atom. The fraction of sp³-hybridized carbons (Fsp3) is 0.565. The van der Waals surface area contributed by atoms with Crippen molar-refractivity contribution in [1.29, 1.82) is 0 Å². The molecule has 3 aliphatic heterocycles. The van der Waals surface area contributed by atoms with Gasteiger partial charge in [0, 0.05) is 6.04 Å². The monoisotopic (exact) mass is 398 g/mol. The highest BCUT2D eigenvalue weighted by atomic mass is 19.1. The predicted octanol–water partition coefficient (Wildman–Crippen LogP) is 2.90. The lowest BCUT2D eigenvalue weighted by Crippen LogP contribution is -2.51. The van der Waals surface area contributed by atoms with Gasteiger partial charge in [0.25, 0.3) is 0 Å². The first-order chi connectivity index (χ1) is 13.9. The molecule has 0 radical (unpaired) electrons. The Morgan fingerprint density at radius 2 is 2.07 bits per heavy atom. The lowest BCUT2D eigenvalue weighted by molar-refractivity contribution is -0.139. The van der Waals surface area contributed by atoms with Gasteiger partial charge in [-0.05, 0) is 44.4 Å². The number of halogens is 1. The van der Waals surface area contributed by atoms with Crippen LogP contribution in [0.25, 0.3) is 0 Å². The van der Waals surface area contributed by atoms with Crippen molar-refractivity contribution in [2.45, 2.75) is 62.8 Å². The van der Waals surface area contributed by atoms with Crippen molar-refractivity contribution in [3.8, 4) is 0 Å². The van der Waals surface area contributed by atoms with Crippen LogP contribution < -0.4 is 5.32 Å². The second kappa shape index (κ2) is 6.39. The van der Waals surface area contributed by atoms with Gasteiger partial charge in [-0.1, -0.05) is 37.1 Å². The number of likely N-dealkylation sites (tertiary alicyclic amines) is 1. The van der Waals surface area contributed by atoms with E-state index in [0.717, 1.165) is 31.2 Å². The van der Waals surface area contributed by atoms with Crippen LogP contribution in [-0.2, 0) is 19.9 Å². The fourth-order valence-electron chi connectivity index (χ4n) is 5.83. The van der Waals surface area contributed by atoms with E-state index in [-0.39, 0.29) is 29.8 Å². The molecule has 1 aromatic rings. The minimum Gasteiger partial charge on any atom is -0.360 e. The molecule has 1 saturated carbocycles. The van der Waals surface area contributed by atoms with Crippen molar-refractivity contribution in [3.05, 3.63) is 47.8 Å². The summed E-state index contributed by atoms with van der Waals surface area (Å²) in [5, 5.41) is 3.25. The number of nitrogens with zero attached hydrogens (tertiary/aromatic N) is 1. The number of rotatable bonds is 4. The molecule has 2 amide bonds. The Bertz CT molecular complexity index is 892. The van der Waals surface area contributed by atoms with Gasteiger partial charge in [0.05, 0.1) is 30.0 Å². The highest BCUT2D eigenvalue weighted by Gasteiger charge is 2.67. The average Bonchev–Trinajstić information content (AvgIpc) is 3.43. The zero-order valence-electron chi connectivity index (χ0n) is 16.9. The molecule has 3 fully saturated rings. The summed E-state index contributed by atoms with van der Waals surface area (Å²) < 4.78 is 20.1. The number of amides is 2. The topological polar surface area (TPSA) is 58.6 Å². The quantitative estimate of drug-likeness (QED) is 0.794. The fourth-order valence-corrected chi connectivity index (χ4v) is 5.83. The van der Waals surface area contributed by atoms with Crippen molar-refractivity contribution in [3.63, 3.8) is 0 Å². The van der Waals surface area contributed by atoms with Crippen LogP contribution in [0.5, 0.6) is 0 Å². The maximum atomic E-state index is 13.9. The first-order valence-electron chi connectivity index (χ1n) is 10.6. The second-order valence-corrected chi connectivity index (χ2v) is 9.25. The Balaban J connectivity index is 1.45. The van der Waals surface area contributed by atoms with Gasteiger partial charge in [-0.2, -0.15) is 0 Å². The number of hydrogen-bond donors (Lipinski definition) is 1. The van der Waals surface area contributed by atoms with Crippen molar-refractivity contribution in [2.24, 2.45) is 11.8 Å². The second-order valence-electron chi connectivity index (χ2n) is 9.25. The zero-order valence-corrected chi connectivity index (χ0v) is 16.9. The van der Waals surface area contributed by atoms with E-state index in [2.05, 4.69) is 5.32 Å². The summed E-state index contributed by atoms with van der Waals surface area (Å²) in [5.41, 5.74) is -0.452. The van der Waals surface area contributed by atoms with Gasteiger partial charge in [0.2, 0.25) is 11.8 Å². The van der Waals surface area contributed by atoms with Gasteiger partial charge < -0.3 is 15.0 Å². The van der Waals surface area contributed by atoms with Crippen molar-refractivity contribution in [1.82, 2.24) is 10.2 Å². The van der Waals surface area contributed by atoms with E-state index >= 15 is 0 Å². The molecule has 4 atom stereocenters. The molecule has 1 N–H and O–H groups in total. The molecule has 4 aliphatic rings. The van der Waals surface area contributed by atoms with Crippen LogP contribution in [0.15, 0.2) is 36.4 Å². The van der Waals surface area contributed by atoms with E-state index in [0.29, 0.717) is 6.54 Å². The summed E-state index contributed by atoms with van der Waals surface area (Å²) >= 11 is 0. The minimum atomic E-state index is -0.685. The van der Waals surface area contributed by atoms with Crippen LogP contribution in [0.4, 0.5) is 4.39 Å². The summed E-state index contributed by atoms with van der Waals surface area (Å²) in [5.74, 6) is -1.48. The third-order valence-corrected chi connectivity index (χ3v) is 7.25. The lowest BCUT2D eigenvalue weighted by atomic mass is 9.76. The molecule has 1 spiro atoms. The number of benzene rings is 1. The standard InChI is InChI=1S/C23H27FN2O3/c1-14(2)26-13-23-11-8-17(29-23)18(19(23)21(26)28)20(27)25-22(9-3-4-10-22)15-6-5-7-16(24)12-15/h5-8,11-12,14,17-19H,3-4,9-10,13H2,1-2H3,(H,25,27)/t17-,18-,19+,23-/m1/s1. The van der Waals surface area contributed by atoms with Gasteiger partial charge in [0.15, 0.2) is 0 Å². The smallest absolute Gasteiger partial charge is 0.230 e. The van der Waals surface area contributed by atoms with Crippen LogP contribution in [0, 0.1) is 17.7 Å².